The van der Waals surface area contributed by atoms with Gasteiger partial charge in [0.25, 0.3) is 0 Å². The summed E-state index contributed by atoms with van der Waals surface area (Å²) in [5, 5.41) is 5.99. The molecule has 106 valence electrons. The molecule has 2 N–H and O–H groups in total. The maximum atomic E-state index is 11.0. The van der Waals surface area contributed by atoms with Crippen molar-refractivity contribution in [1.29, 1.82) is 0 Å². The van der Waals surface area contributed by atoms with Crippen LogP contribution in [-0.4, -0.2) is 39.6 Å². The van der Waals surface area contributed by atoms with Crippen LogP contribution in [0.4, 0.5) is 5.69 Å². The van der Waals surface area contributed by atoms with Crippen molar-refractivity contribution < 1.29 is 4.79 Å². The molecule has 0 aromatic heterocycles. The number of benzene rings is 1. The molecule has 0 atom stereocenters. The average molecular weight is 263 g/mol. The number of nitrogens with one attached hydrogen (secondary N) is 2. The Balaban J connectivity index is 2.00. The first-order chi connectivity index (χ1) is 9.24. The fourth-order valence-electron chi connectivity index (χ4n) is 1.88. The van der Waals surface area contributed by atoms with Gasteiger partial charge in [-0.1, -0.05) is 18.2 Å². The van der Waals surface area contributed by atoms with Crippen LogP contribution in [-0.2, 0) is 4.79 Å². The van der Waals surface area contributed by atoms with Gasteiger partial charge in [-0.3, -0.25) is 4.79 Å². The van der Waals surface area contributed by atoms with Gasteiger partial charge in [0.1, 0.15) is 0 Å². The zero-order valence-corrected chi connectivity index (χ0v) is 12.0. The standard InChI is InChI=1S/C15H25N3O/c1-16-15(19)10-6-11-17-12-7-13-18(2)14-8-4-3-5-9-14/h3-5,8-9,17H,6-7,10-13H2,1-2H3,(H,16,19). The molecule has 0 spiro atoms. The number of amides is 1. The first kappa shape index (κ1) is 15.5. The molecule has 0 aliphatic rings. The Labute approximate surface area is 116 Å². The van der Waals surface area contributed by atoms with Crippen molar-refractivity contribution in [2.45, 2.75) is 19.3 Å². The zero-order chi connectivity index (χ0) is 13.9. The van der Waals surface area contributed by atoms with E-state index in [1.54, 1.807) is 7.05 Å². The minimum atomic E-state index is 0.116. The molecule has 4 heteroatoms. The number of hydrogen-bond acceptors (Lipinski definition) is 3. The molecule has 0 aliphatic heterocycles. The van der Waals surface area contributed by atoms with E-state index >= 15 is 0 Å². The summed E-state index contributed by atoms with van der Waals surface area (Å²) in [6.07, 6.45) is 2.60. The highest BCUT2D eigenvalue weighted by molar-refractivity contribution is 5.75. The molecule has 1 aromatic carbocycles. The van der Waals surface area contributed by atoms with Gasteiger partial charge in [-0.05, 0) is 38.1 Å². The molecule has 19 heavy (non-hydrogen) atoms. The van der Waals surface area contributed by atoms with Crippen LogP contribution >= 0.6 is 0 Å². The summed E-state index contributed by atoms with van der Waals surface area (Å²) in [4.78, 5) is 13.3. The third-order valence-corrected chi connectivity index (χ3v) is 3.08. The highest BCUT2D eigenvalue weighted by atomic mass is 16.1. The van der Waals surface area contributed by atoms with Crippen molar-refractivity contribution in [2.75, 3.05) is 38.6 Å². The number of rotatable bonds is 9. The molecule has 0 heterocycles. The molecular formula is C15H25N3O. The van der Waals surface area contributed by atoms with E-state index in [1.165, 1.54) is 5.69 Å². The number of para-hydroxylation sites is 1. The van der Waals surface area contributed by atoms with E-state index < -0.39 is 0 Å². The average Bonchev–Trinajstić information content (AvgIpc) is 2.46. The molecule has 1 aromatic rings. The third kappa shape index (κ3) is 6.82. The van der Waals surface area contributed by atoms with E-state index in [0.717, 1.165) is 32.5 Å². The molecule has 0 saturated heterocycles. The van der Waals surface area contributed by atoms with Gasteiger partial charge >= 0.3 is 0 Å². The highest BCUT2D eigenvalue weighted by Gasteiger charge is 1.99. The molecule has 0 unspecified atom stereocenters. The second-order valence-corrected chi connectivity index (χ2v) is 4.64. The summed E-state index contributed by atoms with van der Waals surface area (Å²) in [5.74, 6) is 0.116. The van der Waals surface area contributed by atoms with E-state index in [2.05, 4.69) is 46.8 Å². The van der Waals surface area contributed by atoms with Crippen molar-refractivity contribution >= 4 is 11.6 Å². The monoisotopic (exact) mass is 263 g/mol. The summed E-state index contributed by atoms with van der Waals surface area (Å²) in [6.45, 7) is 2.93. The van der Waals surface area contributed by atoms with Crippen molar-refractivity contribution in [3.63, 3.8) is 0 Å². The van der Waals surface area contributed by atoms with Gasteiger partial charge in [-0.15, -0.1) is 0 Å². The Kier molecular flexibility index (Phi) is 7.66. The first-order valence-corrected chi connectivity index (χ1v) is 6.91. The highest BCUT2D eigenvalue weighted by Crippen LogP contribution is 2.10. The first-order valence-electron chi connectivity index (χ1n) is 6.91. The molecule has 1 amide bonds. The van der Waals surface area contributed by atoms with Gasteiger partial charge in [0, 0.05) is 32.7 Å². The van der Waals surface area contributed by atoms with Gasteiger partial charge in [-0.2, -0.15) is 0 Å². The minimum Gasteiger partial charge on any atom is -0.375 e. The van der Waals surface area contributed by atoms with Crippen LogP contribution in [0.15, 0.2) is 30.3 Å². The Bertz CT molecular complexity index is 354. The van der Waals surface area contributed by atoms with Crippen molar-refractivity contribution in [3.8, 4) is 0 Å². The quantitative estimate of drug-likeness (QED) is 0.666. The number of carbonyl (C=O) groups excluding carboxylic acids is 1. The zero-order valence-electron chi connectivity index (χ0n) is 12.0. The predicted molar refractivity (Wildman–Crippen MR) is 80.5 cm³/mol. The van der Waals surface area contributed by atoms with Gasteiger partial charge in [-0.25, -0.2) is 0 Å². The summed E-state index contributed by atoms with van der Waals surface area (Å²) in [6, 6.07) is 10.4. The lowest BCUT2D eigenvalue weighted by molar-refractivity contribution is -0.120. The Hall–Kier alpha value is -1.55. The lowest BCUT2D eigenvalue weighted by atomic mass is 10.2. The lowest BCUT2D eigenvalue weighted by Crippen LogP contribution is -2.25. The van der Waals surface area contributed by atoms with Gasteiger partial charge in [0.15, 0.2) is 0 Å². The summed E-state index contributed by atoms with van der Waals surface area (Å²) in [7, 11) is 3.79. The van der Waals surface area contributed by atoms with Crippen LogP contribution in [0.2, 0.25) is 0 Å². The Morgan fingerprint density at radius 2 is 1.84 bits per heavy atom. The predicted octanol–water partition coefficient (Wildman–Crippen LogP) is 1.63. The fourth-order valence-corrected chi connectivity index (χ4v) is 1.88. The molecule has 0 aliphatic carbocycles. The van der Waals surface area contributed by atoms with E-state index in [1.807, 2.05) is 6.07 Å². The van der Waals surface area contributed by atoms with Crippen molar-refractivity contribution in [2.24, 2.45) is 0 Å². The van der Waals surface area contributed by atoms with Crippen LogP contribution in [0.3, 0.4) is 0 Å². The Morgan fingerprint density at radius 1 is 1.16 bits per heavy atom. The number of nitrogens with zero attached hydrogens (tertiary/aromatic N) is 1. The van der Waals surface area contributed by atoms with Crippen LogP contribution in [0.1, 0.15) is 19.3 Å². The molecule has 0 radical (unpaired) electrons. The van der Waals surface area contributed by atoms with E-state index in [9.17, 15) is 4.79 Å². The lowest BCUT2D eigenvalue weighted by Gasteiger charge is -2.19. The van der Waals surface area contributed by atoms with Crippen LogP contribution in [0.5, 0.6) is 0 Å². The van der Waals surface area contributed by atoms with E-state index in [0.29, 0.717) is 6.42 Å². The molecule has 4 nitrogen and oxygen atoms in total. The second-order valence-electron chi connectivity index (χ2n) is 4.64. The summed E-state index contributed by atoms with van der Waals surface area (Å²) in [5.41, 5.74) is 1.25. The number of hydrogen-bond donors (Lipinski definition) is 2. The van der Waals surface area contributed by atoms with E-state index in [4.69, 9.17) is 0 Å². The van der Waals surface area contributed by atoms with Gasteiger partial charge in [0.2, 0.25) is 5.91 Å². The Morgan fingerprint density at radius 3 is 2.53 bits per heavy atom. The second kappa shape index (κ2) is 9.39. The normalized spacial score (nSPS) is 10.2. The molecule has 0 saturated carbocycles. The number of carbonyl (C=O) groups is 1. The molecule has 0 fully saturated rings. The van der Waals surface area contributed by atoms with Crippen molar-refractivity contribution in [3.05, 3.63) is 30.3 Å². The van der Waals surface area contributed by atoms with Crippen LogP contribution < -0.4 is 15.5 Å². The number of anilines is 1. The maximum Gasteiger partial charge on any atom is 0.219 e. The SMILES string of the molecule is CNC(=O)CCCNCCCN(C)c1ccccc1. The van der Waals surface area contributed by atoms with Crippen molar-refractivity contribution in [1.82, 2.24) is 10.6 Å². The maximum absolute atomic E-state index is 11.0. The largest absolute Gasteiger partial charge is 0.375 e. The summed E-state index contributed by atoms with van der Waals surface area (Å²) < 4.78 is 0. The summed E-state index contributed by atoms with van der Waals surface area (Å²) >= 11 is 0. The smallest absolute Gasteiger partial charge is 0.219 e. The molecule has 1 rings (SSSR count). The molecule has 0 bridgehead atoms. The minimum absolute atomic E-state index is 0.116. The van der Waals surface area contributed by atoms with E-state index in [-0.39, 0.29) is 5.91 Å². The molecular weight excluding hydrogens is 238 g/mol. The topological polar surface area (TPSA) is 44.4 Å². The fraction of sp³-hybridized carbons (Fsp3) is 0.533. The van der Waals surface area contributed by atoms with Crippen LogP contribution in [0.25, 0.3) is 0 Å². The third-order valence-electron chi connectivity index (χ3n) is 3.08. The van der Waals surface area contributed by atoms with Crippen LogP contribution in [0, 0.1) is 0 Å². The van der Waals surface area contributed by atoms with Gasteiger partial charge in [0.05, 0.1) is 0 Å². The van der Waals surface area contributed by atoms with Gasteiger partial charge < -0.3 is 15.5 Å².